The predicted octanol–water partition coefficient (Wildman–Crippen LogP) is 3.85. The van der Waals surface area contributed by atoms with E-state index in [1.165, 1.54) is 17.0 Å². The zero-order valence-electron chi connectivity index (χ0n) is 12.4. The molecular weight excluding hydrogens is 284 g/mol. The third-order valence-electron chi connectivity index (χ3n) is 3.76. The van der Waals surface area contributed by atoms with Crippen molar-refractivity contribution in [2.24, 2.45) is 0 Å². The number of carbonyl (C=O) groups excluding carboxylic acids is 1. The summed E-state index contributed by atoms with van der Waals surface area (Å²) < 4.78 is 28.0. The largest absolute Gasteiger partial charge is 0.373 e. The number of halogens is 2. The van der Waals surface area contributed by atoms with Gasteiger partial charge in [0, 0.05) is 31.7 Å². The van der Waals surface area contributed by atoms with Crippen LogP contribution in [0.1, 0.15) is 21.5 Å². The van der Waals surface area contributed by atoms with Gasteiger partial charge in [0.15, 0.2) is 5.78 Å². The van der Waals surface area contributed by atoms with Gasteiger partial charge in [0.1, 0.15) is 17.3 Å². The van der Waals surface area contributed by atoms with E-state index in [1.807, 2.05) is 18.2 Å². The van der Waals surface area contributed by atoms with Gasteiger partial charge >= 0.3 is 0 Å². The lowest BCUT2D eigenvalue weighted by molar-refractivity contribution is 0.104. The lowest BCUT2D eigenvalue weighted by atomic mass is 10.1. The minimum atomic E-state index is -0.639. The van der Waals surface area contributed by atoms with Crippen molar-refractivity contribution in [1.29, 1.82) is 0 Å². The van der Waals surface area contributed by atoms with Gasteiger partial charge < -0.3 is 4.90 Å². The van der Waals surface area contributed by atoms with Crippen LogP contribution >= 0.6 is 0 Å². The van der Waals surface area contributed by atoms with E-state index in [1.54, 1.807) is 26.2 Å². The van der Waals surface area contributed by atoms with Crippen LogP contribution < -0.4 is 4.90 Å². The monoisotopic (exact) mass is 299 g/mol. The van der Waals surface area contributed by atoms with Gasteiger partial charge in [0.05, 0.1) is 0 Å². The third-order valence-corrected chi connectivity index (χ3v) is 3.76. The van der Waals surface area contributed by atoms with Crippen LogP contribution in [0.5, 0.6) is 0 Å². The highest BCUT2D eigenvalue weighted by Gasteiger charge is 2.24. The average molecular weight is 299 g/mol. The number of hydrogen-bond donors (Lipinski definition) is 0. The number of hydrogen-bond acceptors (Lipinski definition) is 2. The maximum Gasteiger partial charge on any atom is 0.189 e. The van der Waals surface area contributed by atoms with Crippen molar-refractivity contribution in [3.63, 3.8) is 0 Å². The van der Waals surface area contributed by atoms with E-state index < -0.39 is 11.6 Å². The van der Waals surface area contributed by atoms with E-state index in [0.29, 0.717) is 23.1 Å². The molecule has 0 atom stereocenters. The summed E-state index contributed by atoms with van der Waals surface area (Å²) in [7, 11) is 3.16. The summed E-state index contributed by atoms with van der Waals surface area (Å²) in [6, 6.07) is 9.85. The molecule has 2 aromatic carbocycles. The minimum absolute atomic E-state index is 0.0758. The fourth-order valence-electron chi connectivity index (χ4n) is 2.77. The van der Waals surface area contributed by atoms with E-state index in [2.05, 4.69) is 0 Å². The fourth-order valence-corrected chi connectivity index (χ4v) is 2.77. The molecule has 3 rings (SSSR count). The van der Waals surface area contributed by atoms with Crippen molar-refractivity contribution in [3.8, 4) is 0 Å². The Bertz CT molecular complexity index is 770. The van der Waals surface area contributed by atoms with E-state index in [-0.39, 0.29) is 11.5 Å². The van der Waals surface area contributed by atoms with Crippen LogP contribution in [0, 0.1) is 11.6 Å². The summed E-state index contributed by atoms with van der Waals surface area (Å²) in [4.78, 5) is 13.7. The van der Waals surface area contributed by atoms with Crippen molar-refractivity contribution in [2.45, 2.75) is 6.42 Å². The van der Waals surface area contributed by atoms with Crippen LogP contribution in [-0.4, -0.2) is 19.9 Å². The Morgan fingerprint density at radius 2 is 1.73 bits per heavy atom. The van der Waals surface area contributed by atoms with Crippen LogP contribution in [0.3, 0.4) is 0 Å². The molecule has 22 heavy (non-hydrogen) atoms. The predicted molar refractivity (Wildman–Crippen MR) is 83.1 cm³/mol. The van der Waals surface area contributed by atoms with E-state index in [9.17, 15) is 13.6 Å². The first kappa shape index (κ1) is 14.4. The molecule has 0 aliphatic heterocycles. The second-order valence-electron chi connectivity index (χ2n) is 5.56. The van der Waals surface area contributed by atoms with Crippen LogP contribution in [-0.2, 0) is 6.42 Å². The molecule has 0 saturated heterocycles. The van der Waals surface area contributed by atoms with Crippen molar-refractivity contribution < 1.29 is 13.6 Å². The van der Waals surface area contributed by atoms with Crippen LogP contribution in [0.4, 0.5) is 14.5 Å². The zero-order valence-corrected chi connectivity index (χ0v) is 12.4. The Balaban J connectivity index is 2.00. The van der Waals surface area contributed by atoms with Crippen LogP contribution in [0.25, 0.3) is 6.08 Å². The molecule has 1 aliphatic carbocycles. The first-order valence-electron chi connectivity index (χ1n) is 6.97. The molecule has 2 aromatic rings. The summed E-state index contributed by atoms with van der Waals surface area (Å²) in [5.74, 6) is -1.35. The highest BCUT2D eigenvalue weighted by Crippen LogP contribution is 2.29. The van der Waals surface area contributed by atoms with E-state index in [0.717, 1.165) is 5.56 Å². The summed E-state index contributed by atoms with van der Waals surface area (Å²) in [5, 5.41) is 0. The number of nitrogens with zero attached hydrogens (tertiary/aromatic N) is 1. The van der Waals surface area contributed by atoms with Gasteiger partial charge in [-0.1, -0.05) is 24.3 Å². The minimum Gasteiger partial charge on any atom is -0.373 e. The summed E-state index contributed by atoms with van der Waals surface area (Å²) in [5.41, 5.74) is 2.45. The first-order valence-corrected chi connectivity index (χ1v) is 6.97. The maximum atomic E-state index is 14.0. The molecule has 1 aliphatic rings. The van der Waals surface area contributed by atoms with E-state index >= 15 is 0 Å². The molecule has 4 heteroatoms. The van der Waals surface area contributed by atoms with Gasteiger partial charge in [-0.2, -0.15) is 0 Å². The number of ketones is 1. The lowest BCUT2D eigenvalue weighted by Crippen LogP contribution is -2.13. The van der Waals surface area contributed by atoms with Gasteiger partial charge in [-0.05, 0) is 29.3 Å². The molecule has 0 aromatic heterocycles. The number of carbonyl (C=O) groups is 1. The highest BCUT2D eigenvalue weighted by molar-refractivity contribution is 6.15. The molecule has 0 spiro atoms. The summed E-state index contributed by atoms with van der Waals surface area (Å²) in [6.07, 6.45) is 2.06. The van der Waals surface area contributed by atoms with Crippen molar-refractivity contribution in [2.75, 3.05) is 19.0 Å². The molecule has 0 bridgehead atoms. The topological polar surface area (TPSA) is 20.3 Å². The Kier molecular flexibility index (Phi) is 3.53. The Labute approximate surface area is 127 Å². The molecular formula is C18H15F2NO. The van der Waals surface area contributed by atoms with Crippen LogP contribution in [0.2, 0.25) is 0 Å². The maximum absolute atomic E-state index is 14.0. The van der Waals surface area contributed by atoms with Gasteiger partial charge in [0.2, 0.25) is 0 Å². The molecule has 0 unspecified atom stereocenters. The molecule has 0 amide bonds. The molecule has 112 valence electrons. The highest BCUT2D eigenvalue weighted by atomic mass is 19.1. The summed E-state index contributed by atoms with van der Waals surface area (Å²) in [6.45, 7) is 0. The normalized spacial score (nSPS) is 15.3. The molecule has 0 N–H and O–H groups in total. The van der Waals surface area contributed by atoms with Crippen molar-refractivity contribution >= 4 is 17.5 Å². The number of benzene rings is 2. The van der Waals surface area contributed by atoms with Gasteiger partial charge in [0.25, 0.3) is 0 Å². The standard InChI is InChI=1S/C18H15F2NO/c1-21(2)17-15(19)8-11(9-16(17)20)7-13-10-12-5-3-4-6-14(12)18(13)22/h3-9H,10H2,1-2H3. The number of allylic oxidation sites excluding steroid dienone is 1. The zero-order chi connectivity index (χ0) is 15.9. The molecule has 2 nitrogen and oxygen atoms in total. The Morgan fingerprint density at radius 3 is 2.32 bits per heavy atom. The van der Waals surface area contributed by atoms with Gasteiger partial charge in [-0.3, -0.25) is 4.79 Å². The number of rotatable bonds is 2. The lowest BCUT2D eigenvalue weighted by Gasteiger charge is -2.15. The van der Waals surface area contributed by atoms with E-state index in [4.69, 9.17) is 0 Å². The Morgan fingerprint density at radius 1 is 1.09 bits per heavy atom. The van der Waals surface area contributed by atoms with Crippen molar-refractivity contribution in [1.82, 2.24) is 0 Å². The molecule has 0 radical (unpaired) electrons. The quantitative estimate of drug-likeness (QED) is 0.785. The smallest absolute Gasteiger partial charge is 0.189 e. The second-order valence-corrected chi connectivity index (χ2v) is 5.56. The van der Waals surface area contributed by atoms with Crippen molar-refractivity contribution in [3.05, 3.63) is 70.3 Å². The Hall–Kier alpha value is -2.49. The first-order chi connectivity index (χ1) is 10.5. The average Bonchev–Trinajstić information content (AvgIpc) is 2.75. The molecule has 0 saturated carbocycles. The number of fused-ring (bicyclic) bond motifs is 1. The fraction of sp³-hybridized carbons (Fsp3) is 0.167. The third kappa shape index (κ3) is 2.41. The molecule has 0 fully saturated rings. The summed E-state index contributed by atoms with van der Waals surface area (Å²) >= 11 is 0. The van der Waals surface area contributed by atoms with Gasteiger partial charge in [-0.25, -0.2) is 8.78 Å². The number of anilines is 1. The molecule has 0 heterocycles. The second kappa shape index (κ2) is 5.37. The van der Waals surface area contributed by atoms with Crippen LogP contribution in [0.15, 0.2) is 42.0 Å². The van der Waals surface area contributed by atoms with Gasteiger partial charge in [-0.15, -0.1) is 0 Å². The number of Topliss-reactive ketones (excluding diaryl/α,β-unsaturated/α-hetero) is 1. The SMILES string of the molecule is CN(C)c1c(F)cc(C=C2Cc3ccccc3C2=O)cc1F.